The van der Waals surface area contributed by atoms with E-state index in [4.69, 9.17) is 14.2 Å². The maximum absolute atomic E-state index is 13.9. The minimum atomic E-state index is -0.641. The Labute approximate surface area is 243 Å². The van der Waals surface area contributed by atoms with Crippen LogP contribution in [0.3, 0.4) is 0 Å². The minimum absolute atomic E-state index is 0.186. The van der Waals surface area contributed by atoms with Crippen molar-refractivity contribution in [1.29, 1.82) is 0 Å². The number of ether oxygens (including phenoxy) is 3. The Morgan fingerprint density at radius 3 is 2.58 bits per heavy atom. The van der Waals surface area contributed by atoms with Gasteiger partial charge in [0.15, 0.2) is 16.3 Å². The zero-order chi connectivity index (χ0) is 28.8. The first-order valence-corrected chi connectivity index (χ1v) is 15.5. The molecule has 3 aromatic rings. The number of allylic oxidation sites excluding steroid dienone is 1. The number of esters is 1. The quantitative estimate of drug-likeness (QED) is 0.173. The van der Waals surface area contributed by atoms with Crippen molar-refractivity contribution < 1.29 is 19.0 Å². The lowest BCUT2D eigenvalue weighted by atomic mass is 9.96. The number of hydrogen-bond donors (Lipinski definition) is 0. The Morgan fingerprint density at radius 1 is 1.18 bits per heavy atom. The maximum Gasteiger partial charge on any atom is 0.338 e. The number of nitrogens with zero attached hydrogens (tertiary/aromatic N) is 2. The van der Waals surface area contributed by atoms with Crippen LogP contribution in [0.25, 0.3) is 6.08 Å². The van der Waals surface area contributed by atoms with Crippen LogP contribution in [0.2, 0.25) is 0 Å². The molecule has 0 saturated carbocycles. The molecule has 0 saturated heterocycles. The van der Waals surface area contributed by atoms with Gasteiger partial charge in [-0.1, -0.05) is 56.7 Å². The molecule has 0 fully saturated rings. The summed E-state index contributed by atoms with van der Waals surface area (Å²) in [6.45, 7) is 8.79. The average Bonchev–Trinajstić information content (AvgIpc) is 3.25. The van der Waals surface area contributed by atoms with E-state index in [1.54, 1.807) is 30.4 Å². The van der Waals surface area contributed by atoms with Gasteiger partial charge in [0.2, 0.25) is 0 Å². The van der Waals surface area contributed by atoms with Crippen molar-refractivity contribution in [3.05, 3.63) is 84.5 Å². The number of thioether (sulfide) groups is 1. The van der Waals surface area contributed by atoms with Gasteiger partial charge in [-0.3, -0.25) is 9.36 Å². The summed E-state index contributed by atoms with van der Waals surface area (Å²) in [5.74, 6) is 1.01. The molecule has 212 valence electrons. The molecule has 40 heavy (non-hydrogen) atoms. The Balaban J connectivity index is 1.81. The highest BCUT2D eigenvalue weighted by Gasteiger charge is 2.33. The van der Waals surface area contributed by atoms with E-state index in [0.29, 0.717) is 38.7 Å². The first-order valence-electron chi connectivity index (χ1n) is 13.4. The number of carbonyl (C=O) groups is 1. The van der Waals surface area contributed by atoms with Gasteiger partial charge in [-0.25, -0.2) is 9.79 Å². The Hall–Kier alpha value is -3.30. The van der Waals surface area contributed by atoms with E-state index >= 15 is 0 Å². The zero-order valence-corrected chi connectivity index (χ0v) is 25.5. The first kappa shape index (κ1) is 29.7. The van der Waals surface area contributed by atoms with Gasteiger partial charge in [-0.15, -0.1) is 11.8 Å². The van der Waals surface area contributed by atoms with Crippen LogP contribution in [0.5, 0.6) is 11.5 Å². The van der Waals surface area contributed by atoms with Gasteiger partial charge >= 0.3 is 5.97 Å². The third-order valence-electron chi connectivity index (χ3n) is 6.46. The molecule has 0 N–H and O–H groups in total. The molecule has 0 spiro atoms. The standard InChI is InChI=1S/C31H36N2O5S2/c1-7-8-15-37-24-14-9-21(16-25(24)36-5)17-26-29(34)33-28(22-10-12-23(39-6)13-11-22)27(20(4)32-31(33)40-26)30(35)38-18-19(2)3/h9-14,16-17,19,28H,7-8,15,18H2,1-6H3. The van der Waals surface area contributed by atoms with E-state index in [-0.39, 0.29) is 18.1 Å². The van der Waals surface area contributed by atoms with Gasteiger partial charge in [0.1, 0.15) is 0 Å². The smallest absolute Gasteiger partial charge is 0.338 e. The van der Waals surface area contributed by atoms with Crippen LogP contribution in [-0.4, -0.2) is 37.1 Å². The van der Waals surface area contributed by atoms with Crippen molar-refractivity contribution in [2.45, 2.75) is 51.5 Å². The second kappa shape index (κ2) is 13.4. The van der Waals surface area contributed by atoms with E-state index in [1.807, 2.05) is 68.6 Å². The number of unbranched alkanes of at least 4 members (excludes halogenated alkanes) is 1. The SMILES string of the molecule is CCCCOc1ccc(C=c2sc3n(c2=O)C(c2ccc(SC)cc2)C(C(=O)OCC(C)C)=C(C)N=3)cc1OC. The van der Waals surface area contributed by atoms with E-state index < -0.39 is 12.0 Å². The van der Waals surface area contributed by atoms with Gasteiger partial charge in [0, 0.05) is 4.90 Å². The fraction of sp³-hybridized carbons (Fsp3) is 0.387. The molecule has 7 nitrogen and oxygen atoms in total. The van der Waals surface area contributed by atoms with E-state index in [0.717, 1.165) is 28.9 Å². The predicted octanol–water partition coefficient (Wildman–Crippen LogP) is 5.34. The van der Waals surface area contributed by atoms with Crippen molar-refractivity contribution in [3.8, 4) is 11.5 Å². The summed E-state index contributed by atoms with van der Waals surface area (Å²) >= 11 is 2.93. The molecule has 0 amide bonds. The van der Waals surface area contributed by atoms with E-state index in [9.17, 15) is 9.59 Å². The average molecular weight is 581 g/mol. The van der Waals surface area contributed by atoms with Gasteiger partial charge in [-0.2, -0.15) is 0 Å². The number of methoxy groups -OCH3 is 1. The number of thiazole rings is 1. The van der Waals surface area contributed by atoms with Crippen LogP contribution < -0.4 is 24.4 Å². The molecule has 1 aliphatic heterocycles. The van der Waals surface area contributed by atoms with Crippen LogP contribution in [-0.2, 0) is 9.53 Å². The monoisotopic (exact) mass is 580 g/mol. The number of carbonyl (C=O) groups excluding carboxylic acids is 1. The second-order valence-electron chi connectivity index (χ2n) is 9.96. The number of fused-ring (bicyclic) bond motifs is 1. The van der Waals surface area contributed by atoms with Gasteiger partial charge in [0.25, 0.3) is 5.56 Å². The molecule has 1 unspecified atom stereocenters. The molecule has 9 heteroatoms. The molecule has 0 aliphatic carbocycles. The van der Waals surface area contributed by atoms with Crippen molar-refractivity contribution in [2.24, 2.45) is 10.9 Å². The number of benzene rings is 2. The molecule has 1 aliphatic rings. The molecule has 0 radical (unpaired) electrons. The molecule has 1 aromatic heterocycles. The lowest BCUT2D eigenvalue weighted by molar-refractivity contribution is -0.140. The summed E-state index contributed by atoms with van der Waals surface area (Å²) < 4.78 is 19.2. The fourth-order valence-corrected chi connectivity index (χ4v) is 5.83. The van der Waals surface area contributed by atoms with Gasteiger partial charge in [0.05, 0.1) is 42.2 Å². The van der Waals surface area contributed by atoms with Crippen LogP contribution in [0.1, 0.15) is 57.7 Å². The van der Waals surface area contributed by atoms with Crippen LogP contribution in [0.4, 0.5) is 0 Å². The molecule has 2 heterocycles. The Kier molecular flexibility index (Phi) is 9.92. The Morgan fingerprint density at radius 2 is 1.93 bits per heavy atom. The second-order valence-corrected chi connectivity index (χ2v) is 11.8. The third kappa shape index (κ3) is 6.53. The molecular formula is C31H36N2O5S2. The Bertz CT molecular complexity index is 1570. The summed E-state index contributed by atoms with van der Waals surface area (Å²) in [6.07, 6.45) is 5.84. The number of hydrogen-bond acceptors (Lipinski definition) is 8. The van der Waals surface area contributed by atoms with Crippen LogP contribution in [0.15, 0.2) is 68.4 Å². The maximum atomic E-state index is 13.9. The van der Waals surface area contributed by atoms with Crippen LogP contribution in [0, 0.1) is 5.92 Å². The topological polar surface area (TPSA) is 79.1 Å². The molecule has 0 bridgehead atoms. The number of rotatable bonds is 11. The molecule has 1 atom stereocenters. The van der Waals surface area contributed by atoms with Gasteiger partial charge < -0.3 is 14.2 Å². The van der Waals surface area contributed by atoms with Gasteiger partial charge in [-0.05, 0) is 67.0 Å². The first-order chi connectivity index (χ1) is 19.3. The summed E-state index contributed by atoms with van der Waals surface area (Å²) in [4.78, 5) is 33.6. The number of aromatic nitrogens is 1. The van der Waals surface area contributed by atoms with E-state index in [2.05, 4.69) is 11.9 Å². The summed E-state index contributed by atoms with van der Waals surface area (Å²) in [7, 11) is 1.60. The van der Waals surface area contributed by atoms with Crippen molar-refractivity contribution >= 4 is 35.1 Å². The minimum Gasteiger partial charge on any atom is -0.493 e. The highest BCUT2D eigenvalue weighted by Crippen LogP contribution is 2.32. The van der Waals surface area contributed by atoms with E-state index in [1.165, 1.54) is 11.3 Å². The fourth-order valence-electron chi connectivity index (χ4n) is 4.38. The largest absolute Gasteiger partial charge is 0.493 e. The predicted molar refractivity (Wildman–Crippen MR) is 161 cm³/mol. The summed E-state index contributed by atoms with van der Waals surface area (Å²) in [5.41, 5.74) is 2.35. The lowest BCUT2D eigenvalue weighted by Crippen LogP contribution is -2.40. The van der Waals surface area contributed by atoms with Crippen molar-refractivity contribution in [1.82, 2.24) is 4.57 Å². The normalized spacial score (nSPS) is 15.2. The lowest BCUT2D eigenvalue weighted by Gasteiger charge is -2.25. The summed E-state index contributed by atoms with van der Waals surface area (Å²) in [6, 6.07) is 12.9. The molecule has 4 rings (SSSR count). The highest BCUT2D eigenvalue weighted by molar-refractivity contribution is 7.98. The third-order valence-corrected chi connectivity index (χ3v) is 8.19. The van der Waals surface area contributed by atoms with Crippen molar-refractivity contribution in [3.63, 3.8) is 0 Å². The molecular weight excluding hydrogens is 544 g/mol. The highest BCUT2D eigenvalue weighted by atomic mass is 32.2. The van der Waals surface area contributed by atoms with Crippen molar-refractivity contribution in [2.75, 3.05) is 26.6 Å². The van der Waals surface area contributed by atoms with Crippen LogP contribution >= 0.6 is 23.1 Å². The summed E-state index contributed by atoms with van der Waals surface area (Å²) in [5, 5.41) is 0. The molecule has 2 aromatic carbocycles. The zero-order valence-electron chi connectivity index (χ0n) is 23.9.